The summed E-state index contributed by atoms with van der Waals surface area (Å²) in [4.78, 5) is 24.4. The number of aryl methyl sites for hydroxylation is 2. The Morgan fingerprint density at radius 1 is 1.07 bits per heavy atom. The Bertz CT molecular complexity index is 935. The van der Waals surface area contributed by atoms with E-state index in [-0.39, 0.29) is 5.91 Å². The zero-order valence-electron chi connectivity index (χ0n) is 16.9. The lowest BCUT2D eigenvalue weighted by molar-refractivity contribution is -0.148. The highest BCUT2D eigenvalue weighted by molar-refractivity contribution is 5.97. The molecule has 1 atom stereocenters. The van der Waals surface area contributed by atoms with Crippen molar-refractivity contribution in [1.29, 1.82) is 0 Å². The van der Waals surface area contributed by atoms with Crippen LogP contribution < -0.4 is 14.8 Å². The highest BCUT2D eigenvalue weighted by Gasteiger charge is 2.17. The van der Waals surface area contributed by atoms with Crippen LogP contribution in [0.25, 0.3) is 6.08 Å². The van der Waals surface area contributed by atoms with Crippen LogP contribution in [0.5, 0.6) is 11.5 Å². The van der Waals surface area contributed by atoms with Gasteiger partial charge in [0, 0.05) is 18.2 Å². The summed E-state index contributed by atoms with van der Waals surface area (Å²) < 4.78 is 16.4. The van der Waals surface area contributed by atoms with Crippen molar-refractivity contribution in [3.05, 3.63) is 59.2 Å². The van der Waals surface area contributed by atoms with Crippen LogP contribution in [-0.2, 0) is 14.3 Å². The molecule has 2 aromatic carbocycles. The third-order valence-corrected chi connectivity index (χ3v) is 4.50. The molecule has 1 aliphatic heterocycles. The maximum Gasteiger partial charge on any atom is 0.331 e. The largest absolute Gasteiger partial charge is 0.490 e. The summed E-state index contributed by atoms with van der Waals surface area (Å²) in [6, 6.07) is 11.2. The molecule has 1 heterocycles. The zero-order valence-corrected chi connectivity index (χ0v) is 16.9. The first-order valence-corrected chi connectivity index (χ1v) is 9.59. The second-order valence-corrected chi connectivity index (χ2v) is 6.98. The number of carbonyl (C=O) groups is 2. The molecule has 0 aliphatic carbocycles. The van der Waals surface area contributed by atoms with Crippen LogP contribution in [0, 0.1) is 13.8 Å². The minimum atomic E-state index is -0.921. The molecule has 0 spiro atoms. The Kier molecular flexibility index (Phi) is 6.54. The quantitative estimate of drug-likeness (QED) is 0.611. The van der Waals surface area contributed by atoms with Gasteiger partial charge in [0.25, 0.3) is 5.91 Å². The van der Waals surface area contributed by atoms with Gasteiger partial charge < -0.3 is 19.5 Å². The van der Waals surface area contributed by atoms with E-state index < -0.39 is 12.1 Å². The molecule has 29 heavy (non-hydrogen) atoms. The summed E-state index contributed by atoms with van der Waals surface area (Å²) in [5, 5.41) is 2.80. The number of carbonyl (C=O) groups excluding carboxylic acids is 2. The number of fused-ring (bicyclic) bond motifs is 1. The average molecular weight is 395 g/mol. The highest BCUT2D eigenvalue weighted by Crippen LogP contribution is 2.30. The van der Waals surface area contributed by atoms with E-state index in [1.54, 1.807) is 19.1 Å². The molecule has 0 unspecified atom stereocenters. The molecule has 1 aliphatic rings. The van der Waals surface area contributed by atoms with Gasteiger partial charge in [0.05, 0.1) is 13.2 Å². The van der Waals surface area contributed by atoms with Gasteiger partial charge in [0.1, 0.15) is 0 Å². The number of anilines is 1. The molecule has 0 saturated heterocycles. The Morgan fingerprint density at radius 3 is 2.62 bits per heavy atom. The number of amides is 1. The third-order valence-electron chi connectivity index (χ3n) is 4.50. The Labute approximate surface area is 170 Å². The van der Waals surface area contributed by atoms with Crippen LogP contribution in [-0.4, -0.2) is 31.2 Å². The molecular formula is C23H25NO5. The van der Waals surface area contributed by atoms with Crippen LogP contribution >= 0.6 is 0 Å². The summed E-state index contributed by atoms with van der Waals surface area (Å²) in [5.74, 6) is 0.370. The van der Waals surface area contributed by atoms with E-state index in [4.69, 9.17) is 14.2 Å². The first-order valence-electron chi connectivity index (χ1n) is 9.59. The van der Waals surface area contributed by atoms with Crippen molar-refractivity contribution >= 4 is 23.6 Å². The molecule has 3 rings (SSSR count). The molecule has 1 amide bonds. The van der Waals surface area contributed by atoms with Crippen LogP contribution in [0.4, 0.5) is 5.69 Å². The predicted octanol–water partition coefficient (Wildman–Crippen LogP) is 4.05. The lowest BCUT2D eigenvalue weighted by atomic mass is 10.1. The number of benzene rings is 2. The van der Waals surface area contributed by atoms with Gasteiger partial charge in [0.2, 0.25) is 0 Å². The number of nitrogens with one attached hydrogen (secondary N) is 1. The molecule has 0 saturated carbocycles. The van der Waals surface area contributed by atoms with Gasteiger partial charge in [-0.25, -0.2) is 4.79 Å². The maximum absolute atomic E-state index is 12.3. The fourth-order valence-electron chi connectivity index (χ4n) is 2.82. The molecule has 6 nitrogen and oxygen atoms in total. The third kappa shape index (κ3) is 5.60. The van der Waals surface area contributed by atoms with Gasteiger partial charge >= 0.3 is 5.97 Å². The summed E-state index contributed by atoms with van der Waals surface area (Å²) in [6.45, 7) is 6.61. The van der Waals surface area contributed by atoms with Gasteiger partial charge in [-0.2, -0.15) is 0 Å². The van der Waals surface area contributed by atoms with Crippen LogP contribution in [0.3, 0.4) is 0 Å². The van der Waals surface area contributed by atoms with E-state index in [0.717, 1.165) is 23.1 Å². The van der Waals surface area contributed by atoms with Gasteiger partial charge in [-0.05, 0) is 61.7 Å². The average Bonchev–Trinajstić information content (AvgIpc) is 2.94. The minimum absolute atomic E-state index is 0.379. The standard InChI is InChI=1S/C23H25NO5/c1-15-5-6-16(2)19(13-15)24-23(26)17(3)29-22(25)10-8-18-7-9-20-21(14-18)28-12-4-11-27-20/h5-10,13-14,17H,4,11-12H2,1-3H3,(H,24,26)/b10-8+/t17-/m0/s1. The summed E-state index contributed by atoms with van der Waals surface area (Å²) in [7, 11) is 0. The van der Waals surface area contributed by atoms with E-state index >= 15 is 0 Å². The molecular weight excluding hydrogens is 370 g/mol. The summed E-state index contributed by atoms with van der Waals surface area (Å²) in [5.41, 5.74) is 3.46. The Hall–Kier alpha value is -3.28. The van der Waals surface area contributed by atoms with E-state index in [9.17, 15) is 9.59 Å². The van der Waals surface area contributed by atoms with Crippen LogP contribution in [0.2, 0.25) is 0 Å². The topological polar surface area (TPSA) is 73.9 Å². The number of hydrogen-bond acceptors (Lipinski definition) is 5. The van der Waals surface area contributed by atoms with Crippen molar-refractivity contribution in [2.75, 3.05) is 18.5 Å². The fraction of sp³-hybridized carbons (Fsp3) is 0.304. The molecule has 0 aromatic heterocycles. The fourth-order valence-corrected chi connectivity index (χ4v) is 2.82. The molecule has 2 aromatic rings. The first kappa shape index (κ1) is 20.5. The molecule has 0 radical (unpaired) electrons. The van der Waals surface area contributed by atoms with E-state index in [0.29, 0.717) is 30.4 Å². The first-order chi connectivity index (χ1) is 13.9. The lowest BCUT2D eigenvalue weighted by Gasteiger charge is -2.14. The molecule has 1 N–H and O–H groups in total. The lowest BCUT2D eigenvalue weighted by Crippen LogP contribution is -2.29. The number of ether oxygens (including phenoxy) is 3. The zero-order chi connectivity index (χ0) is 20.8. The van der Waals surface area contributed by atoms with Crippen molar-refractivity contribution in [2.24, 2.45) is 0 Å². The molecule has 6 heteroatoms. The second kappa shape index (κ2) is 9.28. The Morgan fingerprint density at radius 2 is 1.83 bits per heavy atom. The second-order valence-electron chi connectivity index (χ2n) is 6.98. The van der Waals surface area contributed by atoms with Crippen molar-refractivity contribution in [2.45, 2.75) is 33.3 Å². The number of rotatable bonds is 5. The molecule has 0 fully saturated rings. The normalized spacial score (nSPS) is 14.2. The summed E-state index contributed by atoms with van der Waals surface area (Å²) in [6.07, 6.45) is 2.82. The molecule has 0 bridgehead atoms. The Balaban J connectivity index is 1.57. The predicted molar refractivity (Wildman–Crippen MR) is 111 cm³/mol. The maximum atomic E-state index is 12.3. The van der Waals surface area contributed by atoms with Crippen LogP contribution in [0.1, 0.15) is 30.0 Å². The highest BCUT2D eigenvalue weighted by atomic mass is 16.5. The number of hydrogen-bond donors (Lipinski definition) is 1. The minimum Gasteiger partial charge on any atom is -0.490 e. The van der Waals surface area contributed by atoms with Gasteiger partial charge in [0.15, 0.2) is 17.6 Å². The van der Waals surface area contributed by atoms with Gasteiger partial charge in [-0.3, -0.25) is 4.79 Å². The van der Waals surface area contributed by atoms with Crippen molar-refractivity contribution in [3.8, 4) is 11.5 Å². The number of esters is 1. The van der Waals surface area contributed by atoms with Crippen molar-refractivity contribution in [3.63, 3.8) is 0 Å². The monoisotopic (exact) mass is 395 g/mol. The van der Waals surface area contributed by atoms with E-state index in [1.807, 2.05) is 44.2 Å². The molecule has 152 valence electrons. The van der Waals surface area contributed by atoms with Crippen molar-refractivity contribution in [1.82, 2.24) is 0 Å². The summed E-state index contributed by atoms with van der Waals surface area (Å²) >= 11 is 0. The van der Waals surface area contributed by atoms with E-state index in [2.05, 4.69) is 5.32 Å². The van der Waals surface area contributed by atoms with Gasteiger partial charge in [-0.1, -0.05) is 18.2 Å². The van der Waals surface area contributed by atoms with Crippen molar-refractivity contribution < 1.29 is 23.8 Å². The van der Waals surface area contributed by atoms with Gasteiger partial charge in [-0.15, -0.1) is 0 Å². The smallest absolute Gasteiger partial charge is 0.331 e. The van der Waals surface area contributed by atoms with Crippen LogP contribution in [0.15, 0.2) is 42.5 Å². The van der Waals surface area contributed by atoms with E-state index in [1.165, 1.54) is 6.08 Å². The SMILES string of the molecule is Cc1ccc(C)c(NC(=O)[C@H](C)OC(=O)/C=C/c2ccc3c(c2)OCCCO3)c1.